The average molecular weight is 741 g/mol. The fourth-order valence-electron chi connectivity index (χ4n) is 6.17. The number of aromatic nitrogens is 6. The third kappa shape index (κ3) is 8.02. The highest BCUT2D eigenvalue weighted by Gasteiger charge is 2.40. The van der Waals surface area contributed by atoms with Crippen molar-refractivity contribution in [2.45, 2.75) is 71.6 Å². The maximum atomic E-state index is 14.0. The van der Waals surface area contributed by atoms with Crippen molar-refractivity contribution in [3.63, 3.8) is 0 Å². The standard InChI is InChI=1S/C38H41ClN8O6/c1-23(44-16-17-45(35(50)34(44)49)31-20-27(39)14-15-29(31)46-22-40-42-43-46)33(25-11-8-12-26(18-25)37(2,3)4)52-28-13-9-10-24(19-28)30-21-32(48)41-47(30)36(51)53-38(5,6)7/h8-15,18-23,33H,16-17H2,1-7H3,(H,41,48). The van der Waals surface area contributed by atoms with Crippen LogP contribution in [-0.4, -0.2) is 77.5 Å². The lowest BCUT2D eigenvalue weighted by atomic mass is 9.85. The van der Waals surface area contributed by atoms with Gasteiger partial charge in [0.2, 0.25) is 0 Å². The average Bonchev–Trinajstić information content (AvgIpc) is 3.78. The van der Waals surface area contributed by atoms with E-state index in [-0.39, 0.29) is 24.2 Å². The zero-order valence-corrected chi connectivity index (χ0v) is 31.3. The predicted molar refractivity (Wildman–Crippen MR) is 198 cm³/mol. The molecule has 1 fully saturated rings. The Morgan fingerprint density at radius 2 is 1.64 bits per heavy atom. The Kier molecular flexibility index (Phi) is 10.0. The summed E-state index contributed by atoms with van der Waals surface area (Å²) in [6, 6.07) is 20.5. The highest BCUT2D eigenvalue weighted by atomic mass is 35.5. The first-order valence-electron chi connectivity index (χ1n) is 17.1. The molecule has 0 radical (unpaired) electrons. The zero-order valence-electron chi connectivity index (χ0n) is 30.5. The maximum Gasteiger partial charge on any atom is 0.434 e. The van der Waals surface area contributed by atoms with Crippen LogP contribution in [-0.2, 0) is 19.7 Å². The monoisotopic (exact) mass is 740 g/mol. The molecular formula is C38H41ClN8O6. The Morgan fingerprint density at radius 3 is 2.34 bits per heavy atom. The van der Waals surface area contributed by atoms with Crippen molar-refractivity contribution in [2.24, 2.45) is 0 Å². The molecule has 53 heavy (non-hydrogen) atoms. The molecule has 3 aromatic carbocycles. The first kappa shape index (κ1) is 37.0. The van der Waals surface area contributed by atoms with Gasteiger partial charge < -0.3 is 19.3 Å². The van der Waals surface area contributed by atoms with E-state index in [1.807, 2.05) is 31.2 Å². The van der Waals surface area contributed by atoms with Gasteiger partial charge in [-0.25, -0.2) is 4.79 Å². The summed E-state index contributed by atoms with van der Waals surface area (Å²) in [6.07, 6.45) is -0.0816. The van der Waals surface area contributed by atoms with E-state index in [1.54, 1.807) is 63.2 Å². The second-order valence-corrected chi connectivity index (χ2v) is 15.3. The number of tetrazole rings is 1. The molecule has 1 N–H and O–H groups in total. The highest BCUT2D eigenvalue weighted by Crippen LogP contribution is 2.35. The van der Waals surface area contributed by atoms with Gasteiger partial charge in [-0.05, 0) is 85.0 Å². The Hall–Kier alpha value is -5.76. The molecule has 1 saturated heterocycles. The molecule has 5 aromatic rings. The van der Waals surface area contributed by atoms with E-state index in [2.05, 4.69) is 41.4 Å². The molecule has 0 saturated carbocycles. The number of piperazine rings is 1. The lowest BCUT2D eigenvalue weighted by Gasteiger charge is -2.40. The first-order chi connectivity index (χ1) is 25.0. The number of hydrogen-bond donors (Lipinski definition) is 1. The van der Waals surface area contributed by atoms with Crippen LogP contribution in [0.3, 0.4) is 0 Å². The van der Waals surface area contributed by atoms with Gasteiger partial charge in [0.05, 0.1) is 23.1 Å². The van der Waals surface area contributed by atoms with Crippen LogP contribution < -0.4 is 15.2 Å². The van der Waals surface area contributed by atoms with Crippen molar-refractivity contribution in [3.05, 3.63) is 106 Å². The van der Waals surface area contributed by atoms with E-state index >= 15 is 0 Å². The molecule has 276 valence electrons. The van der Waals surface area contributed by atoms with Crippen LogP contribution in [0.25, 0.3) is 16.9 Å². The number of nitrogens with zero attached hydrogens (tertiary/aromatic N) is 7. The summed E-state index contributed by atoms with van der Waals surface area (Å²) in [7, 11) is 0. The summed E-state index contributed by atoms with van der Waals surface area (Å²) in [5.41, 5.74) is 2.08. The molecular weight excluding hydrogens is 700 g/mol. The van der Waals surface area contributed by atoms with E-state index in [0.717, 1.165) is 15.8 Å². The molecule has 6 rings (SSSR count). The van der Waals surface area contributed by atoms with Crippen LogP contribution in [0.4, 0.5) is 10.5 Å². The summed E-state index contributed by atoms with van der Waals surface area (Å²) >= 11 is 6.34. The molecule has 0 spiro atoms. The van der Waals surface area contributed by atoms with Gasteiger partial charge in [-0.2, -0.15) is 9.36 Å². The summed E-state index contributed by atoms with van der Waals surface area (Å²) < 4.78 is 14.7. The molecule has 2 atom stereocenters. The minimum absolute atomic E-state index is 0.171. The number of halogens is 1. The van der Waals surface area contributed by atoms with Gasteiger partial charge in [-0.3, -0.25) is 19.5 Å². The molecule has 1 aliphatic rings. The molecule has 14 nitrogen and oxygen atoms in total. The van der Waals surface area contributed by atoms with Crippen molar-refractivity contribution < 1.29 is 23.9 Å². The van der Waals surface area contributed by atoms with Crippen LogP contribution in [0.1, 0.15) is 65.7 Å². The predicted octanol–water partition coefficient (Wildman–Crippen LogP) is 5.94. The number of hydrogen-bond acceptors (Lipinski definition) is 9. The minimum Gasteiger partial charge on any atom is -0.484 e. The largest absolute Gasteiger partial charge is 0.484 e. The Balaban J connectivity index is 1.34. The van der Waals surface area contributed by atoms with E-state index in [1.165, 1.54) is 26.9 Å². The van der Waals surface area contributed by atoms with E-state index in [4.69, 9.17) is 21.1 Å². The van der Waals surface area contributed by atoms with Crippen molar-refractivity contribution in [1.82, 2.24) is 34.9 Å². The number of anilines is 1. The van der Waals surface area contributed by atoms with Gasteiger partial charge in [0.25, 0.3) is 5.56 Å². The van der Waals surface area contributed by atoms with Crippen LogP contribution in [0.5, 0.6) is 5.75 Å². The second-order valence-electron chi connectivity index (χ2n) is 14.8. The second kappa shape index (κ2) is 14.3. The first-order valence-corrected chi connectivity index (χ1v) is 17.5. The van der Waals surface area contributed by atoms with Gasteiger partial charge in [0, 0.05) is 29.7 Å². The van der Waals surface area contributed by atoms with Crippen LogP contribution in [0, 0.1) is 0 Å². The maximum absolute atomic E-state index is 14.0. The van der Waals surface area contributed by atoms with Crippen LogP contribution in [0.2, 0.25) is 5.02 Å². The number of carbonyl (C=O) groups is 3. The number of rotatable bonds is 8. The number of ether oxygens (including phenoxy) is 2. The van der Waals surface area contributed by atoms with Crippen molar-refractivity contribution in [2.75, 3.05) is 18.0 Å². The van der Waals surface area contributed by atoms with E-state index < -0.39 is 41.2 Å². The molecule has 15 heteroatoms. The van der Waals surface area contributed by atoms with Gasteiger partial charge in [-0.15, -0.1) is 5.10 Å². The number of amides is 2. The van der Waals surface area contributed by atoms with Crippen LogP contribution >= 0.6 is 11.6 Å². The van der Waals surface area contributed by atoms with Gasteiger partial charge in [-0.1, -0.05) is 68.8 Å². The minimum atomic E-state index is -0.791. The van der Waals surface area contributed by atoms with E-state index in [0.29, 0.717) is 27.7 Å². The Morgan fingerprint density at radius 1 is 0.887 bits per heavy atom. The van der Waals surface area contributed by atoms with Gasteiger partial charge in [0.15, 0.2) is 0 Å². The Labute approximate surface area is 311 Å². The van der Waals surface area contributed by atoms with Crippen molar-refractivity contribution >= 4 is 35.2 Å². The fourth-order valence-corrected chi connectivity index (χ4v) is 6.33. The number of benzene rings is 3. The lowest BCUT2D eigenvalue weighted by Crippen LogP contribution is -2.58. The number of H-pyrrole nitrogens is 1. The molecule has 2 amide bonds. The number of carbonyl (C=O) groups excluding carboxylic acids is 3. The van der Waals surface area contributed by atoms with Crippen molar-refractivity contribution in [3.8, 4) is 22.7 Å². The molecule has 2 unspecified atom stereocenters. The lowest BCUT2D eigenvalue weighted by molar-refractivity contribution is -0.149. The summed E-state index contributed by atoms with van der Waals surface area (Å²) in [6.45, 7) is 13.7. The summed E-state index contributed by atoms with van der Waals surface area (Å²) in [4.78, 5) is 56.2. The topological polar surface area (TPSA) is 158 Å². The number of nitrogens with one attached hydrogen (secondary N) is 1. The highest BCUT2D eigenvalue weighted by molar-refractivity contribution is 6.41. The zero-order chi connectivity index (χ0) is 38.2. The van der Waals surface area contributed by atoms with Gasteiger partial charge >= 0.3 is 17.9 Å². The Bertz CT molecular complexity index is 2220. The van der Waals surface area contributed by atoms with Crippen molar-refractivity contribution in [1.29, 1.82) is 0 Å². The molecule has 2 aromatic heterocycles. The fraction of sp³-hybridized carbons (Fsp3) is 0.342. The molecule has 0 bridgehead atoms. The van der Waals surface area contributed by atoms with E-state index in [9.17, 15) is 19.2 Å². The summed E-state index contributed by atoms with van der Waals surface area (Å²) in [5, 5.41) is 14.3. The van der Waals surface area contributed by atoms with Gasteiger partial charge in [0.1, 0.15) is 23.8 Å². The molecule has 3 heterocycles. The normalized spacial score (nSPS) is 15.0. The quantitative estimate of drug-likeness (QED) is 0.190. The third-order valence-electron chi connectivity index (χ3n) is 8.79. The SMILES string of the molecule is CC(C(Oc1cccc(-c2cc(=O)[nH]n2C(=O)OC(C)(C)C)c1)c1cccc(C(C)(C)C)c1)N1CCN(c2cc(Cl)ccc2-n2cnnn2)C(=O)C1=O. The van der Waals surface area contributed by atoms with Crippen LogP contribution in [0.15, 0.2) is 83.9 Å². The third-order valence-corrected chi connectivity index (χ3v) is 9.02. The summed E-state index contributed by atoms with van der Waals surface area (Å²) in [5.74, 6) is -1.04. The number of aromatic amines is 1. The smallest absolute Gasteiger partial charge is 0.434 e. The molecule has 0 aliphatic carbocycles. The molecule has 1 aliphatic heterocycles.